The van der Waals surface area contributed by atoms with E-state index >= 15 is 0 Å². The van der Waals surface area contributed by atoms with E-state index in [1.165, 1.54) is 4.90 Å². The molecule has 4 heterocycles. The summed E-state index contributed by atoms with van der Waals surface area (Å²) in [5.41, 5.74) is 4.41. The molecule has 0 spiro atoms. The fourth-order valence-corrected chi connectivity index (χ4v) is 6.09. The van der Waals surface area contributed by atoms with Crippen LogP contribution in [0.3, 0.4) is 0 Å². The van der Waals surface area contributed by atoms with Gasteiger partial charge >= 0.3 is 12.1 Å². The smallest absolute Gasteiger partial charge is 0.407 e. The van der Waals surface area contributed by atoms with Crippen LogP contribution in [0.2, 0.25) is 0 Å². The van der Waals surface area contributed by atoms with Gasteiger partial charge in [0.15, 0.2) is 11.5 Å². The Kier molecular flexibility index (Phi) is 11.0. The summed E-state index contributed by atoms with van der Waals surface area (Å²) in [6.07, 6.45) is 3.02. The summed E-state index contributed by atoms with van der Waals surface area (Å²) >= 11 is 0. The highest BCUT2D eigenvalue weighted by molar-refractivity contribution is 5.66. The monoisotopic (exact) mass is 696 g/mol. The molecule has 1 aliphatic rings. The maximum absolute atomic E-state index is 11.8. The number of nitrogens with zero attached hydrogens (tertiary/aromatic N) is 8. The van der Waals surface area contributed by atoms with Gasteiger partial charge in [-0.1, -0.05) is 37.6 Å². The zero-order chi connectivity index (χ0) is 35.9. The molecule has 1 saturated heterocycles. The molecule has 0 radical (unpaired) electrons. The zero-order valence-corrected chi connectivity index (χ0v) is 29.4. The van der Waals surface area contributed by atoms with E-state index in [4.69, 9.17) is 34.3 Å². The van der Waals surface area contributed by atoms with Crippen molar-refractivity contribution >= 4 is 23.4 Å². The molecule has 2 aromatic carbocycles. The number of aliphatic hydroxyl groups is 1. The number of piperazine rings is 1. The van der Waals surface area contributed by atoms with Gasteiger partial charge in [-0.2, -0.15) is 4.98 Å². The Morgan fingerprint density at radius 3 is 2.10 bits per heavy atom. The van der Waals surface area contributed by atoms with Crippen molar-refractivity contribution in [3.8, 4) is 17.5 Å². The number of fused-ring (bicyclic) bond motifs is 1. The Bertz CT molecular complexity index is 1880. The first-order valence-corrected chi connectivity index (χ1v) is 17.0. The number of unbranched alkanes of at least 4 members (excludes halogenated alkanes) is 1. The Morgan fingerprint density at radius 1 is 0.922 bits per heavy atom. The van der Waals surface area contributed by atoms with Gasteiger partial charge in [0, 0.05) is 51.0 Å². The van der Waals surface area contributed by atoms with Crippen molar-refractivity contribution in [2.45, 2.75) is 45.9 Å². The number of hydrogen-bond donors (Lipinski definition) is 2. The average molecular weight is 697 g/mol. The first kappa shape index (κ1) is 35.2. The summed E-state index contributed by atoms with van der Waals surface area (Å²) in [6, 6.07) is 17.9. The van der Waals surface area contributed by atoms with Gasteiger partial charge in [0.2, 0.25) is 0 Å². The standard InChI is InChI=1S/C37H44N8O6/c1-5-6-19-51-36-40-35(44(23-26-7-11-29(49-3)12-8-26)24-27-9-13-30(50-4)14-10-27)34-39-22-31(45(34)41-36)32(46)28-20-25(2)33(38-21-28)42-15-17-43(18-16-42)37(47)48/h7-14,20-22,32,46H,5-6,15-19,23-24H2,1-4H3,(H,47,48). The summed E-state index contributed by atoms with van der Waals surface area (Å²) in [5.74, 6) is 2.84. The van der Waals surface area contributed by atoms with Crippen molar-refractivity contribution in [2.24, 2.45) is 0 Å². The predicted molar refractivity (Wildman–Crippen MR) is 192 cm³/mol. The van der Waals surface area contributed by atoms with Crippen LogP contribution in [0, 0.1) is 6.92 Å². The van der Waals surface area contributed by atoms with Crippen molar-refractivity contribution < 1.29 is 29.2 Å². The molecule has 6 rings (SSSR count). The highest BCUT2D eigenvalue weighted by Crippen LogP contribution is 2.31. The van der Waals surface area contributed by atoms with Crippen LogP contribution >= 0.6 is 0 Å². The lowest BCUT2D eigenvalue weighted by molar-refractivity contribution is 0.142. The number of aliphatic hydroxyl groups excluding tert-OH is 1. The third-order valence-electron chi connectivity index (χ3n) is 8.96. The number of hydrogen-bond acceptors (Lipinski definition) is 11. The number of anilines is 2. The molecule has 268 valence electrons. The summed E-state index contributed by atoms with van der Waals surface area (Å²) in [7, 11) is 3.29. The van der Waals surface area contributed by atoms with Gasteiger partial charge in [0.05, 0.1) is 32.7 Å². The van der Waals surface area contributed by atoms with E-state index < -0.39 is 12.2 Å². The number of methoxy groups -OCH3 is 2. The van der Waals surface area contributed by atoms with Crippen molar-refractivity contribution in [1.82, 2.24) is 29.5 Å². The first-order valence-electron chi connectivity index (χ1n) is 17.0. The van der Waals surface area contributed by atoms with Crippen LogP contribution in [-0.2, 0) is 13.1 Å². The molecule has 0 bridgehead atoms. The lowest BCUT2D eigenvalue weighted by atomic mass is 10.1. The molecule has 14 heteroatoms. The SMILES string of the molecule is CCCCOc1nc(N(Cc2ccc(OC)cc2)Cc2ccc(OC)cc2)c2ncc(C(O)c3cnc(N4CCN(C(=O)O)CC4)c(C)c3)n2n1. The molecule has 2 N–H and O–H groups in total. The number of carbonyl (C=O) groups is 1. The largest absolute Gasteiger partial charge is 0.497 e. The fourth-order valence-electron chi connectivity index (χ4n) is 6.09. The van der Waals surface area contributed by atoms with E-state index in [1.807, 2.05) is 61.5 Å². The van der Waals surface area contributed by atoms with Crippen LogP contribution in [0.5, 0.6) is 17.5 Å². The molecule has 1 aliphatic heterocycles. The average Bonchev–Trinajstić information content (AvgIpc) is 3.58. The number of imidazole rings is 1. The van der Waals surface area contributed by atoms with Crippen molar-refractivity contribution in [3.05, 3.63) is 94.9 Å². The van der Waals surface area contributed by atoms with Crippen LogP contribution in [0.15, 0.2) is 67.0 Å². The van der Waals surface area contributed by atoms with Crippen LogP contribution < -0.4 is 24.0 Å². The van der Waals surface area contributed by atoms with Gasteiger partial charge in [-0.15, -0.1) is 5.10 Å². The number of aromatic nitrogens is 5. The summed E-state index contributed by atoms with van der Waals surface area (Å²) in [4.78, 5) is 31.3. The highest BCUT2D eigenvalue weighted by atomic mass is 16.5. The minimum absolute atomic E-state index is 0.178. The second-order valence-corrected chi connectivity index (χ2v) is 12.5. The van der Waals surface area contributed by atoms with Crippen molar-refractivity contribution in [1.29, 1.82) is 0 Å². The summed E-state index contributed by atoms with van der Waals surface area (Å²) < 4.78 is 18.5. The molecule has 0 aliphatic carbocycles. The second-order valence-electron chi connectivity index (χ2n) is 12.5. The van der Waals surface area contributed by atoms with E-state index in [1.54, 1.807) is 31.1 Å². The van der Waals surface area contributed by atoms with E-state index in [2.05, 4.69) is 16.7 Å². The maximum Gasteiger partial charge on any atom is 0.407 e. The van der Waals surface area contributed by atoms with E-state index in [0.29, 0.717) is 68.6 Å². The number of amides is 1. The topological polar surface area (TPSA) is 151 Å². The number of aryl methyl sites for hydroxylation is 1. The molecule has 14 nitrogen and oxygen atoms in total. The maximum atomic E-state index is 11.8. The fraction of sp³-hybridized carbons (Fsp3) is 0.378. The molecular weight excluding hydrogens is 652 g/mol. The molecule has 3 aromatic heterocycles. The minimum atomic E-state index is -1.10. The predicted octanol–water partition coefficient (Wildman–Crippen LogP) is 5.11. The molecule has 1 fully saturated rings. The van der Waals surface area contributed by atoms with Gasteiger partial charge < -0.3 is 39.1 Å². The van der Waals surface area contributed by atoms with Gasteiger partial charge in [0.1, 0.15) is 23.4 Å². The van der Waals surface area contributed by atoms with E-state index in [-0.39, 0.29) is 6.01 Å². The van der Waals surface area contributed by atoms with Crippen LogP contribution in [0.4, 0.5) is 16.4 Å². The third-order valence-corrected chi connectivity index (χ3v) is 8.96. The molecule has 1 atom stereocenters. The number of rotatable bonds is 14. The van der Waals surface area contributed by atoms with Crippen molar-refractivity contribution in [2.75, 3.05) is 56.8 Å². The van der Waals surface area contributed by atoms with Crippen LogP contribution in [0.25, 0.3) is 5.65 Å². The van der Waals surface area contributed by atoms with Gasteiger partial charge in [0.25, 0.3) is 0 Å². The molecule has 1 amide bonds. The Morgan fingerprint density at radius 2 is 1.55 bits per heavy atom. The van der Waals surface area contributed by atoms with Gasteiger partial charge in [-0.05, 0) is 60.4 Å². The van der Waals surface area contributed by atoms with Crippen molar-refractivity contribution in [3.63, 3.8) is 0 Å². The first-order chi connectivity index (χ1) is 24.8. The van der Waals surface area contributed by atoms with Crippen LogP contribution in [0.1, 0.15) is 53.8 Å². The number of benzene rings is 2. The number of ether oxygens (including phenoxy) is 3. The highest BCUT2D eigenvalue weighted by Gasteiger charge is 2.26. The molecule has 51 heavy (non-hydrogen) atoms. The molecule has 0 saturated carbocycles. The van der Waals surface area contributed by atoms with Gasteiger partial charge in [-0.25, -0.2) is 19.3 Å². The number of carboxylic acid groups (broad SMARTS) is 1. The molecule has 5 aromatic rings. The van der Waals surface area contributed by atoms with Crippen LogP contribution in [-0.4, -0.2) is 92.8 Å². The summed E-state index contributed by atoms with van der Waals surface area (Å²) in [5, 5.41) is 25.8. The minimum Gasteiger partial charge on any atom is -0.497 e. The quantitative estimate of drug-likeness (QED) is 0.149. The molecular formula is C37H44N8O6. The van der Waals surface area contributed by atoms with E-state index in [0.717, 1.165) is 46.8 Å². The Hall–Kier alpha value is -5.63. The van der Waals surface area contributed by atoms with Gasteiger partial charge in [-0.3, -0.25) is 0 Å². The summed E-state index contributed by atoms with van der Waals surface area (Å²) in [6.45, 7) is 7.34. The zero-order valence-electron chi connectivity index (χ0n) is 29.4. The third kappa shape index (κ3) is 8.07. The normalized spacial score (nSPS) is 13.7. The Labute approximate surface area is 296 Å². The second kappa shape index (κ2) is 15.9. The molecule has 1 unspecified atom stereocenters. The number of pyridine rings is 1. The van der Waals surface area contributed by atoms with E-state index in [9.17, 15) is 15.0 Å². The lowest BCUT2D eigenvalue weighted by Gasteiger charge is -2.34. The lowest BCUT2D eigenvalue weighted by Crippen LogP contribution is -2.48. The Balaban J connectivity index is 1.36.